The molecule has 32 heavy (non-hydrogen) atoms. The van der Waals surface area contributed by atoms with Gasteiger partial charge in [-0.3, -0.25) is 4.79 Å². The minimum Gasteiger partial charge on any atom is -0.480 e. The zero-order chi connectivity index (χ0) is 22.6. The predicted octanol–water partition coefficient (Wildman–Crippen LogP) is 3.93. The van der Waals surface area contributed by atoms with Crippen LogP contribution >= 0.6 is 0 Å². The van der Waals surface area contributed by atoms with Crippen molar-refractivity contribution in [3.8, 4) is 11.1 Å². The summed E-state index contributed by atoms with van der Waals surface area (Å²) < 4.78 is 14.5. The standard InChI is InChI=1S/C23H23FN6O2/c1-4-25-16-8-13(24)7-14-17-19(30(2)3)15(11-26-20(17)29-18(14)16)12-9-27-21(28-10-12)23(5-6-23)22(31)32/h7-11,25H,4-6H2,1-3H3,(H,26,29)(H,31,32). The molecule has 9 heteroatoms. The molecule has 0 aliphatic heterocycles. The molecule has 0 amide bonds. The van der Waals surface area contributed by atoms with E-state index in [9.17, 15) is 14.3 Å². The van der Waals surface area contributed by atoms with E-state index >= 15 is 0 Å². The third kappa shape index (κ3) is 2.96. The van der Waals surface area contributed by atoms with Gasteiger partial charge in [-0.05, 0) is 31.9 Å². The van der Waals surface area contributed by atoms with E-state index in [1.165, 1.54) is 12.1 Å². The number of benzene rings is 1. The van der Waals surface area contributed by atoms with Gasteiger partial charge < -0.3 is 20.3 Å². The van der Waals surface area contributed by atoms with Crippen molar-refractivity contribution in [1.82, 2.24) is 19.9 Å². The fourth-order valence-electron chi connectivity index (χ4n) is 4.29. The molecule has 1 saturated carbocycles. The van der Waals surface area contributed by atoms with Crippen LogP contribution in [0.5, 0.6) is 0 Å². The Morgan fingerprint density at radius 3 is 2.53 bits per heavy atom. The number of halogens is 1. The fraction of sp³-hybridized carbons (Fsp3) is 0.304. The molecule has 0 unspecified atom stereocenters. The first-order valence-corrected chi connectivity index (χ1v) is 10.5. The Labute approximate surface area is 183 Å². The van der Waals surface area contributed by atoms with Gasteiger partial charge in [-0.2, -0.15) is 0 Å². The Bertz CT molecular complexity index is 1360. The van der Waals surface area contributed by atoms with Gasteiger partial charge in [0, 0.05) is 55.7 Å². The van der Waals surface area contributed by atoms with E-state index in [1.54, 1.807) is 18.6 Å². The molecule has 0 bridgehead atoms. The number of rotatable bonds is 6. The molecule has 1 aliphatic rings. The second kappa shape index (κ2) is 7.15. The predicted molar refractivity (Wildman–Crippen MR) is 122 cm³/mol. The zero-order valence-corrected chi connectivity index (χ0v) is 18.0. The number of nitrogens with zero attached hydrogens (tertiary/aromatic N) is 4. The van der Waals surface area contributed by atoms with Crippen molar-refractivity contribution in [2.45, 2.75) is 25.2 Å². The number of aromatic amines is 1. The van der Waals surface area contributed by atoms with Crippen LogP contribution in [0.3, 0.4) is 0 Å². The number of carboxylic acids is 1. The van der Waals surface area contributed by atoms with Crippen LogP contribution in [-0.2, 0) is 10.2 Å². The second-order valence-corrected chi connectivity index (χ2v) is 8.35. The number of H-pyrrole nitrogens is 1. The van der Waals surface area contributed by atoms with E-state index in [-0.39, 0.29) is 5.82 Å². The third-order valence-corrected chi connectivity index (χ3v) is 6.03. The summed E-state index contributed by atoms with van der Waals surface area (Å²) in [7, 11) is 3.83. The monoisotopic (exact) mass is 434 g/mol. The minimum atomic E-state index is -0.956. The molecule has 0 radical (unpaired) electrons. The van der Waals surface area contributed by atoms with Crippen LogP contribution in [0.15, 0.2) is 30.7 Å². The van der Waals surface area contributed by atoms with Crippen LogP contribution < -0.4 is 10.2 Å². The Kier molecular flexibility index (Phi) is 4.51. The summed E-state index contributed by atoms with van der Waals surface area (Å²) in [6, 6.07) is 2.98. The maximum absolute atomic E-state index is 14.5. The highest BCUT2D eigenvalue weighted by atomic mass is 19.1. The first-order valence-electron chi connectivity index (χ1n) is 10.5. The van der Waals surface area contributed by atoms with E-state index in [2.05, 4.69) is 25.3 Å². The summed E-state index contributed by atoms with van der Waals surface area (Å²) in [5, 5.41) is 14.2. The lowest BCUT2D eigenvalue weighted by Crippen LogP contribution is -2.22. The minimum absolute atomic E-state index is 0.332. The molecule has 3 heterocycles. The summed E-state index contributed by atoms with van der Waals surface area (Å²) in [5.41, 5.74) is 3.52. The summed E-state index contributed by atoms with van der Waals surface area (Å²) in [4.78, 5) is 30.2. The Hall–Kier alpha value is -3.75. The van der Waals surface area contributed by atoms with Crippen molar-refractivity contribution < 1.29 is 14.3 Å². The fourth-order valence-corrected chi connectivity index (χ4v) is 4.29. The van der Waals surface area contributed by atoms with Gasteiger partial charge in [0.2, 0.25) is 0 Å². The molecule has 0 saturated heterocycles. The number of pyridine rings is 1. The maximum atomic E-state index is 14.5. The summed E-state index contributed by atoms with van der Waals surface area (Å²) in [5.74, 6) is -0.890. The van der Waals surface area contributed by atoms with Gasteiger partial charge in [-0.25, -0.2) is 19.3 Å². The largest absolute Gasteiger partial charge is 0.480 e. The van der Waals surface area contributed by atoms with Crippen molar-refractivity contribution in [1.29, 1.82) is 0 Å². The van der Waals surface area contributed by atoms with Gasteiger partial charge >= 0.3 is 5.97 Å². The normalized spacial score (nSPS) is 14.6. The number of aromatic nitrogens is 4. The number of hydrogen-bond acceptors (Lipinski definition) is 6. The first kappa shape index (κ1) is 20.2. The Balaban J connectivity index is 1.71. The van der Waals surface area contributed by atoms with Crippen molar-refractivity contribution in [2.24, 2.45) is 0 Å². The smallest absolute Gasteiger partial charge is 0.317 e. The topological polar surface area (TPSA) is 107 Å². The lowest BCUT2D eigenvalue weighted by Gasteiger charge is -2.19. The molecule has 0 atom stereocenters. The van der Waals surface area contributed by atoms with Crippen molar-refractivity contribution >= 4 is 39.3 Å². The number of hydrogen-bond donors (Lipinski definition) is 3. The van der Waals surface area contributed by atoms with E-state index in [0.29, 0.717) is 42.1 Å². The average Bonchev–Trinajstić information content (AvgIpc) is 3.50. The van der Waals surface area contributed by atoms with Crippen LogP contribution in [0.2, 0.25) is 0 Å². The van der Waals surface area contributed by atoms with Gasteiger partial charge in [0.15, 0.2) is 0 Å². The average molecular weight is 434 g/mol. The van der Waals surface area contributed by atoms with E-state index in [0.717, 1.165) is 27.5 Å². The SMILES string of the molecule is CCNc1cc(F)cc2c1[nH]c1ncc(-c3cnc(C4(C(=O)O)CC4)nc3)c(N(C)C)c12. The third-order valence-electron chi connectivity index (χ3n) is 6.03. The molecule has 8 nitrogen and oxygen atoms in total. The highest BCUT2D eigenvalue weighted by molar-refractivity contribution is 6.17. The number of nitrogens with one attached hydrogen (secondary N) is 2. The van der Waals surface area contributed by atoms with Gasteiger partial charge in [0.1, 0.15) is 22.7 Å². The van der Waals surface area contributed by atoms with E-state index < -0.39 is 11.4 Å². The molecule has 3 N–H and O–H groups in total. The molecule has 3 aromatic heterocycles. The van der Waals surface area contributed by atoms with Crippen molar-refractivity contribution in [3.63, 3.8) is 0 Å². The summed E-state index contributed by atoms with van der Waals surface area (Å²) in [6.07, 6.45) is 6.11. The van der Waals surface area contributed by atoms with Gasteiger partial charge in [-0.1, -0.05) is 0 Å². The lowest BCUT2D eigenvalue weighted by atomic mass is 10.0. The molecule has 1 fully saturated rings. The van der Waals surface area contributed by atoms with Gasteiger partial charge in [0.25, 0.3) is 0 Å². The molecule has 0 spiro atoms. The second-order valence-electron chi connectivity index (χ2n) is 8.35. The zero-order valence-electron chi connectivity index (χ0n) is 18.0. The van der Waals surface area contributed by atoms with Crippen LogP contribution in [0.1, 0.15) is 25.6 Å². The molecule has 4 aromatic rings. The Morgan fingerprint density at radius 1 is 1.22 bits per heavy atom. The van der Waals surface area contributed by atoms with Crippen LogP contribution in [0.4, 0.5) is 15.8 Å². The van der Waals surface area contributed by atoms with Gasteiger partial charge in [-0.15, -0.1) is 0 Å². The lowest BCUT2D eigenvalue weighted by molar-refractivity contribution is -0.140. The maximum Gasteiger partial charge on any atom is 0.317 e. The summed E-state index contributed by atoms with van der Waals surface area (Å²) >= 11 is 0. The summed E-state index contributed by atoms with van der Waals surface area (Å²) in [6.45, 7) is 2.62. The van der Waals surface area contributed by atoms with Crippen molar-refractivity contribution in [3.05, 3.63) is 42.4 Å². The molecule has 1 aliphatic carbocycles. The van der Waals surface area contributed by atoms with E-state index in [4.69, 9.17) is 0 Å². The number of carboxylic acid groups (broad SMARTS) is 1. The highest BCUT2D eigenvalue weighted by Gasteiger charge is 2.54. The molecule has 5 rings (SSSR count). The number of aliphatic carboxylic acids is 1. The number of carbonyl (C=O) groups is 1. The Morgan fingerprint density at radius 2 is 1.94 bits per heavy atom. The number of anilines is 2. The molecule has 1 aromatic carbocycles. The first-order chi connectivity index (χ1) is 15.4. The molecular weight excluding hydrogens is 411 g/mol. The van der Waals surface area contributed by atoms with E-state index in [1.807, 2.05) is 25.9 Å². The molecular formula is C23H23FN6O2. The quantitative estimate of drug-likeness (QED) is 0.422. The van der Waals surface area contributed by atoms with Crippen molar-refractivity contribution in [2.75, 3.05) is 30.9 Å². The molecule has 164 valence electrons. The highest BCUT2D eigenvalue weighted by Crippen LogP contribution is 2.47. The van der Waals surface area contributed by atoms with Gasteiger partial charge in [0.05, 0.1) is 22.3 Å². The van der Waals surface area contributed by atoms with Crippen LogP contribution in [0, 0.1) is 5.82 Å². The van der Waals surface area contributed by atoms with Crippen LogP contribution in [-0.4, -0.2) is 51.7 Å². The number of fused-ring (bicyclic) bond motifs is 3. The van der Waals surface area contributed by atoms with Crippen LogP contribution in [0.25, 0.3) is 33.1 Å².